The van der Waals surface area contributed by atoms with E-state index in [1.807, 2.05) is 13.8 Å². The molecule has 1 aromatic carbocycles. The molecule has 1 aliphatic heterocycles. The number of hydrogen-bond acceptors (Lipinski definition) is 3. The first kappa shape index (κ1) is 24.4. The number of nitrogens with one attached hydrogen (secondary N) is 1. The molecule has 2 rings (SSSR count). The monoisotopic (exact) mass is 462 g/mol. The molecule has 8 heteroatoms. The molecule has 0 aromatic heterocycles. The first-order chi connectivity index (χ1) is 13.2. The Kier molecular flexibility index (Phi) is 7.69. The average molecular weight is 463 g/mol. The average Bonchev–Trinajstić information content (AvgIpc) is 2.56. The molecular formula is C21H32Cl2N2O3S. The molecule has 0 aliphatic carbocycles. The Hall–Kier alpha value is -0.820. The molecule has 0 saturated carbocycles. The second-order valence-corrected chi connectivity index (χ2v) is 12.5. The van der Waals surface area contributed by atoms with Crippen LogP contribution in [0.15, 0.2) is 18.2 Å². The van der Waals surface area contributed by atoms with Crippen LogP contribution in [0.3, 0.4) is 0 Å². The lowest BCUT2D eigenvalue weighted by atomic mass is 9.81. The van der Waals surface area contributed by atoms with Gasteiger partial charge in [-0.1, -0.05) is 50.0 Å². The van der Waals surface area contributed by atoms with Gasteiger partial charge in [0.2, 0.25) is 15.9 Å². The number of carbonyl (C=O) groups excluding carboxylic acids is 1. The summed E-state index contributed by atoms with van der Waals surface area (Å²) in [4.78, 5) is 12.7. The predicted molar refractivity (Wildman–Crippen MR) is 120 cm³/mol. The van der Waals surface area contributed by atoms with Crippen molar-refractivity contribution in [3.8, 4) is 0 Å². The summed E-state index contributed by atoms with van der Waals surface area (Å²) in [6.07, 6.45) is 1.87. The molecule has 0 radical (unpaired) electrons. The summed E-state index contributed by atoms with van der Waals surface area (Å²) in [7, 11) is -3.56. The van der Waals surface area contributed by atoms with Crippen LogP contribution in [0.4, 0.5) is 0 Å². The highest BCUT2D eigenvalue weighted by atomic mass is 35.5. The minimum Gasteiger partial charge on any atom is -0.351 e. The standard InChI is InChI=1S/C21H32Cl2N2O3S/c1-20(2,3)14-21(4,5)24-19(26)15-9-11-25(12-10-15)29(27,28)13-16-17(22)7-6-8-18(16)23/h6-8,15H,9-14H2,1-5H3,(H,24,26). The van der Waals surface area contributed by atoms with Gasteiger partial charge in [0.1, 0.15) is 0 Å². The summed E-state index contributed by atoms with van der Waals surface area (Å²) in [5.41, 5.74) is 0.215. The summed E-state index contributed by atoms with van der Waals surface area (Å²) in [5, 5.41) is 3.84. The van der Waals surface area contributed by atoms with E-state index in [0.29, 0.717) is 41.5 Å². The van der Waals surface area contributed by atoms with Crippen molar-refractivity contribution in [2.24, 2.45) is 11.3 Å². The van der Waals surface area contributed by atoms with Crippen molar-refractivity contribution in [3.05, 3.63) is 33.8 Å². The lowest BCUT2D eigenvalue weighted by Crippen LogP contribution is -2.50. The fraction of sp³-hybridized carbons (Fsp3) is 0.667. The zero-order chi connectivity index (χ0) is 22.0. The van der Waals surface area contributed by atoms with Crippen LogP contribution in [0.1, 0.15) is 59.4 Å². The van der Waals surface area contributed by atoms with E-state index in [1.165, 1.54) is 4.31 Å². The van der Waals surface area contributed by atoms with Crippen molar-refractivity contribution in [1.82, 2.24) is 9.62 Å². The Labute approximate surface area is 185 Å². The van der Waals surface area contributed by atoms with Crippen molar-refractivity contribution < 1.29 is 13.2 Å². The lowest BCUT2D eigenvalue weighted by molar-refractivity contribution is -0.128. The minimum absolute atomic E-state index is 0.00504. The van der Waals surface area contributed by atoms with Crippen LogP contribution in [0.25, 0.3) is 0 Å². The van der Waals surface area contributed by atoms with Crippen LogP contribution in [0, 0.1) is 11.3 Å². The molecule has 0 bridgehead atoms. The Morgan fingerprint density at radius 1 is 1.10 bits per heavy atom. The maximum atomic E-state index is 12.8. The number of rotatable bonds is 6. The van der Waals surface area contributed by atoms with E-state index in [9.17, 15) is 13.2 Å². The smallest absolute Gasteiger partial charge is 0.223 e. The number of nitrogens with zero attached hydrogens (tertiary/aromatic N) is 1. The summed E-state index contributed by atoms with van der Waals surface area (Å²) in [6.45, 7) is 11.1. The molecule has 0 spiro atoms. The van der Waals surface area contributed by atoms with Gasteiger partial charge in [-0.2, -0.15) is 0 Å². The number of sulfonamides is 1. The molecule has 1 amide bonds. The zero-order valence-electron chi connectivity index (χ0n) is 17.9. The van der Waals surface area contributed by atoms with Gasteiger partial charge in [0.05, 0.1) is 5.75 Å². The Balaban J connectivity index is 1.96. The fourth-order valence-electron chi connectivity index (χ4n) is 4.15. The SMILES string of the molecule is CC(C)(C)CC(C)(C)NC(=O)C1CCN(S(=O)(=O)Cc2c(Cl)cccc2Cl)CC1. The maximum Gasteiger partial charge on any atom is 0.223 e. The number of halogens is 2. The highest BCUT2D eigenvalue weighted by Gasteiger charge is 2.34. The third kappa shape index (κ3) is 7.12. The van der Waals surface area contributed by atoms with Crippen molar-refractivity contribution in [1.29, 1.82) is 0 Å². The summed E-state index contributed by atoms with van der Waals surface area (Å²) >= 11 is 12.3. The zero-order valence-corrected chi connectivity index (χ0v) is 20.2. The molecule has 1 aliphatic rings. The molecule has 0 unspecified atom stereocenters. The van der Waals surface area contributed by atoms with Crippen LogP contribution in [-0.4, -0.2) is 37.3 Å². The van der Waals surface area contributed by atoms with E-state index in [0.717, 1.165) is 6.42 Å². The van der Waals surface area contributed by atoms with Crippen molar-refractivity contribution in [2.75, 3.05) is 13.1 Å². The minimum atomic E-state index is -3.56. The molecule has 1 N–H and O–H groups in total. The van der Waals surface area contributed by atoms with Gasteiger partial charge in [0, 0.05) is 40.2 Å². The van der Waals surface area contributed by atoms with E-state index >= 15 is 0 Å². The largest absolute Gasteiger partial charge is 0.351 e. The molecule has 164 valence electrons. The van der Waals surface area contributed by atoms with Crippen LogP contribution in [0.2, 0.25) is 10.0 Å². The molecule has 1 heterocycles. The van der Waals surface area contributed by atoms with Gasteiger partial charge in [-0.25, -0.2) is 12.7 Å². The molecule has 1 fully saturated rings. The van der Waals surface area contributed by atoms with Crippen molar-refractivity contribution in [2.45, 2.75) is 65.2 Å². The van der Waals surface area contributed by atoms with Crippen LogP contribution in [0.5, 0.6) is 0 Å². The molecule has 0 atom stereocenters. The van der Waals surface area contributed by atoms with Crippen molar-refractivity contribution in [3.63, 3.8) is 0 Å². The van der Waals surface area contributed by atoms with E-state index in [2.05, 4.69) is 26.1 Å². The van der Waals surface area contributed by atoms with Crippen LogP contribution >= 0.6 is 23.2 Å². The highest BCUT2D eigenvalue weighted by Crippen LogP contribution is 2.30. The molecule has 5 nitrogen and oxygen atoms in total. The Morgan fingerprint density at radius 3 is 2.10 bits per heavy atom. The highest BCUT2D eigenvalue weighted by molar-refractivity contribution is 7.88. The van der Waals surface area contributed by atoms with E-state index in [4.69, 9.17) is 23.2 Å². The van der Waals surface area contributed by atoms with Gasteiger partial charge in [-0.3, -0.25) is 4.79 Å². The molecular weight excluding hydrogens is 431 g/mol. The lowest BCUT2D eigenvalue weighted by Gasteiger charge is -2.36. The third-order valence-corrected chi connectivity index (χ3v) is 7.55. The topological polar surface area (TPSA) is 66.5 Å². The normalized spacial score (nSPS) is 17.3. The number of carbonyl (C=O) groups is 1. The Bertz CT molecular complexity index is 820. The predicted octanol–water partition coefficient (Wildman–Crippen LogP) is 4.87. The first-order valence-corrected chi connectivity index (χ1v) is 12.3. The number of hydrogen-bond donors (Lipinski definition) is 1. The van der Waals surface area contributed by atoms with Gasteiger partial charge in [0.25, 0.3) is 0 Å². The van der Waals surface area contributed by atoms with Gasteiger partial charge >= 0.3 is 0 Å². The van der Waals surface area contributed by atoms with Crippen LogP contribution in [-0.2, 0) is 20.6 Å². The molecule has 1 aromatic rings. The first-order valence-electron chi connectivity index (χ1n) is 9.93. The van der Waals surface area contributed by atoms with E-state index < -0.39 is 10.0 Å². The number of amides is 1. The summed E-state index contributed by atoms with van der Waals surface area (Å²) in [5.74, 6) is -0.406. The van der Waals surface area contributed by atoms with Crippen LogP contribution < -0.4 is 5.32 Å². The number of piperidine rings is 1. The second-order valence-electron chi connectivity index (χ2n) is 9.74. The Morgan fingerprint density at radius 2 is 1.62 bits per heavy atom. The molecule has 1 saturated heterocycles. The fourth-order valence-corrected chi connectivity index (χ4v) is 6.46. The van der Waals surface area contributed by atoms with Gasteiger partial charge < -0.3 is 5.32 Å². The van der Waals surface area contributed by atoms with Gasteiger partial charge in [-0.05, 0) is 50.7 Å². The van der Waals surface area contributed by atoms with Gasteiger partial charge in [0.15, 0.2) is 0 Å². The third-order valence-electron chi connectivity index (χ3n) is 5.04. The molecule has 29 heavy (non-hydrogen) atoms. The van der Waals surface area contributed by atoms with E-state index in [-0.39, 0.29) is 28.5 Å². The van der Waals surface area contributed by atoms with Gasteiger partial charge in [-0.15, -0.1) is 0 Å². The summed E-state index contributed by atoms with van der Waals surface area (Å²) in [6, 6.07) is 4.95. The van der Waals surface area contributed by atoms with Crippen molar-refractivity contribution >= 4 is 39.1 Å². The maximum absolute atomic E-state index is 12.8. The number of benzene rings is 1. The summed E-state index contributed by atoms with van der Waals surface area (Å²) < 4.78 is 27.1. The van der Waals surface area contributed by atoms with E-state index in [1.54, 1.807) is 18.2 Å². The quantitative estimate of drug-likeness (QED) is 0.655. The second kappa shape index (κ2) is 9.13.